The minimum atomic E-state index is -0.443. The van der Waals surface area contributed by atoms with E-state index in [1.807, 2.05) is 12.1 Å². The van der Waals surface area contributed by atoms with Gasteiger partial charge in [0.15, 0.2) is 0 Å². The van der Waals surface area contributed by atoms with Crippen LogP contribution in [0.1, 0.15) is 38.7 Å². The van der Waals surface area contributed by atoms with Crippen molar-refractivity contribution in [3.63, 3.8) is 0 Å². The van der Waals surface area contributed by atoms with Gasteiger partial charge in [0.05, 0.1) is 16.1 Å². The molecule has 1 fully saturated rings. The van der Waals surface area contributed by atoms with Gasteiger partial charge in [0.1, 0.15) is 0 Å². The average molecular weight is 316 g/mol. The van der Waals surface area contributed by atoms with E-state index in [4.69, 9.17) is 23.2 Å². The van der Waals surface area contributed by atoms with Gasteiger partial charge < -0.3 is 5.11 Å². The van der Waals surface area contributed by atoms with Gasteiger partial charge in [-0.1, -0.05) is 42.3 Å². The summed E-state index contributed by atoms with van der Waals surface area (Å²) in [5, 5.41) is 11.9. The molecule has 2 rings (SSSR count). The molecule has 1 heterocycles. The molecule has 20 heavy (non-hydrogen) atoms. The van der Waals surface area contributed by atoms with Crippen LogP contribution in [0.25, 0.3) is 0 Å². The molecule has 0 aliphatic carbocycles. The summed E-state index contributed by atoms with van der Waals surface area (Å²) < 4.78 is 0. The van der Waals surface area contributed by atoms with Crippen LogP contribution in [-0.4, -0.2) is 34.7 Å². The molecule has 1 N–H and O–H groups in total. The Labute approximate surface area is 131 Å². The number of hydrogen-bond acceptors (Lipinski definition) is 2. The molecular formula is C16H23Cl2NO. The Morgan fingerprint density at radius 2 is 1.95 bits per heavy atom. The molecule has 0 spiro atoms. The van der Waals surface area contributed by atoms with Crippen LogP contribution in [-0.2, 0) is 6.42 Å². The predicted molar refractivity (Wildman–Crippen MR) is 85.7 cm³/mol. The number of nitrogens with zero attached hydrogens (tertiary/aromatic N) is 1. The number of likely N-dealkylation sites (tertiary alicyclic amines) is 1. The zero-order chi connectivity index (χ0) is 14.8. The van der Waals surface area contributed by atoms with Gasteiger partial charge in [-0.25, -0.2) is 0 Å². The van der Waals surface area contributed by atoms with Crippen LogP contribution in [0.4, 0.5) is 0 Å². The number of benzene rings is 1. The topological polar surface area (TPSA) is 23.5 Å². The first-order valence-electron chi connectivity index (χ1n) is 7.35. The lowest BCUT2D eigenvalue weighted by atomic mass is 9.86. The summed E-state index contributed by atoms with van der Waals surface area (Å²) in [6.07, 6.45) is 3.47. The molecule has 112 valence electrons. The highest BCUT2D eigenvalue weighted by atomic mass is 35.5. The summed E-state index contributed by atoms with van der Waals surface area (Å²) in [5.74, 6) is 0. The van der Waals surface area contributed by atoms with Crippen molar-refractivity contribution in [2.45, 2.75) is 51.2 Å². The standard InChI is InChI=1S/C16H23Cl2NO/c1-3-16(2,19-9-4-5-10-19)14(20)11-12-7-6-8-13(17)15(12)18/h6-8,14,20H,3-5,9-11H2,1-2H3. The Morgan fingerprint density at radius 1 is 1.30 bits per heavy atom. The number of hydrogen-bond donors (Lipinski definition) is 1. The maximum atomic E-state index is 10.8. The molecule has 1 aliphatic heterocycles. The van der Waals surface area contributed by atoms with E-state index in [-0.39, 0.29) is 5.54 Å². The molecule has 1 aromatic rings. The first kappa shape index (κ1) is 16.1. The Morgan fingerprint density at radius 3 is 2.55 bits per heavy atom. The summed E-state index contributed by atoms with van der Waals surface area (Å²) in [5.41, 5.74) is 0.729. The van der Waals surface area contributed by atoms with E-state index in [2.05, 4.69) is 18.7 Å². The van der Waals surface area contributed by atoms with Crippen LogP contribution in [0, 0.1) is 0 Å². The van der Waals surface area contributed by atoms with Crippen LogP contribution in [0.3, 0.4) is 0 Å². The molecular weight excluding hydrogens is 293 g/mol. The number of aliphatic hydroxyl groups is 1. The van der Waals surface area contributed by atoms with Crippen molar-refractivity contribution < 1.29 is 5.11 Å². The predicted octanol–water partition coefficient (Wildman–Crippen LogP) is 4.16. The molecule has 2 unspecified atom stereocenters. The van der Waals surface area contributed by atoms with Crippen molar-refractivity contribution in [1.29, 1.82) is 0 Å². The molecule has 0 radical (unpaired) electrons. The summed E-state index contributed by atoms with van der Waals surface area (Å²) >= 11 is 12.3. The molecule has 0 saturated carbocycles. The first-order chi connectivity index (χ1) is 9.49. The average Bonchev–Trinajstić information content (AvgIpc) is 2.97. The fraction of sp³-hybridized carbons (Fsp3) is 0.625. The van der Waals surface area contributed by atoms with E-state index in [0.29, 0.717) is 16.5 Å². The summed E-state index contributed by atoms with van der Waals surface area (Å²) in [7, 11) is 0. The third kappa shape index (κ3) is 3.14. The molecule has 2 nitrogen and oxygen atoms in total. The van der Waals surface area contributed by atoms with E-state index in [1.54, 1.807) is 6.07 Å². The van der Waals surface area contributed by atoms with E-state index in [9.17, 15) is 5.11 Å². The van der Waals surface area contributed by atoms with Crippen LogP contribution < -0.4 is 0 Å². The second-order valence-corrected chi connectivity index (χ2v) is 6.62. The van der Waals surface area contributed by atoms with Gasteiger partial charge in [0, 0.05) is 12.0 Å². The molecule has 0 bridgehead atoms. The monoisotopic (exact) mass is 315 g/mol. The van der Waals surface area contributed by atoms with Gasteiger partial charge in [-0.2, -0.15) is 0 Å². The van der Waals surface area contributed by atoms with Crippen molar-refractivity contribution >= 4 is 23.2 Å². The van der Waals surface area contributed by atoms with Crippen LogP contribution in [0.15, 0.2) is 18.2 Å². The van der Waals surface area contributed by atoms with E-state index in [0.717, 1.165) is 25.1 Å². The SMILES string of the molecule is CCC(C)(C(O)Cc1cccc(Cl)c1Cl)N1CCCC1. The number of aliphatic hydroxyl groups excluding tert-OH is 1. The lowest BCUT2D eigenvalue weighted by molar-refractivity contribution is -0.0117. The van der Waals surface area contributed by atoms with E-state index < -0.39 is 6.10 Å². The molecule has 1 aliphatic rings. The van der Waals surface area contributed by atoms with Gasteiger partial charge >= 0.3 is 0 Å². The van der Waals surface area contributed by atoms with Gasteiger partial charge in [-0.3, -0.25) is 4.90 Å². The minimum absolute atomic E-state index is 0.192. The molecule has 0 aromatic heterocycles. The van der Waals surface area contributed by atoms with Crippen LogP contribution in [0.5, 0.6) is 0 Å². The fourth-order valence-corrected chi connectivity index (χ4v) is 3.43. The lowest BCUT2D eigenvalue weighted by Crippen LogP contribution is -2.53. The van der Waals surface area contributed by atoms with Gasteiger partial charge in [0.2, 0.25) is 0 Å². The number of halogens is 2. The lowest BCUT2D eigenvalue weighted by Gasteiger charge is -2.42. The molecule has 1 aromatic carbocycles. The molecule has 1 saturated heterocycles. The Balaban J connectivity index is 2.16. The molecule has 0 amide bonds. The highest BCUT2D eigenvalue weighted by Gasteiger charge is 2.38. The maximum Gasteiger partial charge on any atom is 0.0761 e. The second kappa shape index (κ2) is 6.65. The van der Waals surface area contributed by atoms with Gasteiger partial charge in [-0.15, -0.1) is 0 Å². The summed E-state index contributed by atoms with van der Waals surface area (Å²) in [6, 6.07) is 5.60. The highest BCUT2D eigenvalue weighted by Crippen LogP contribution is 2.32. The van der Waals surface area contributed by atoms with E-state index >= 15 is 0 Å². The summed E-state index contributed by atoms with van der Waals surface area (Å²) in [6.45, 7) is 6.44. The smallest absolute Gasteiger partial charge is 0.0761 e. The highest BCUT2D eigenvalue weighted by molar-refractivity contribution is 6.42. The zero-order valence-corrected chi connectivity index (χ0v) is 13.7. The second-order valence-electron chi connectivity index (χ2n) is 5.84. The van der Waals surface area contributed by atoms with Crippen LogP contribution in [0.2, 0.25) is 10.0 Å². The Hall–Kier alpha value is -0.280. The Kier molecular flexibility index (Phi) is 5.36. The third-order valence-corrected chi connectivity index (χ3v) is 5.57. The quantitative estimate of drug-likeness (QED) is 0.881. The minimum Gasteiger partial charge on any atom is -0.391 e. The zero-order valence-electron chi connectivity index (χ0n) is 12.2. The maximum absolute atomic E-state index is 10.8. The third-order valence-electron chi connectivity index (χ3n) is 4.71. The normalized spacial score (nSPS) is 20.9. The van der Waals surface area contributed by atoms with Crippen molar-refractivity contribution in [1.82, 2.24) is 4.90 Å². The molecule has 4 heteroatoms. The van der Waals surface area contributed by atoms with Crippen molar-refractivity contribution in [3.8, 4) is 0 Å². The molecule has 2 atom stereocenters. The fourth-order valence-electron chi connectivity index (χ4n) is 3.03. The van der Waals surface area contributed by atoms with Crippen LogP contribution >= 0.6 is 23.2 Å². The largest absolute Gasteiger partial charge is 0.391 e. The Bertz CT molecular complexity index is 460. The number of rotatable bonds is 5. The first-order valence-corrected chi connectivity index (χ1v) is 8.10. The van der Waals surface area contributed by atoms with Crippen molar-refractivity contribution in [2.75, 3.05) is 13.1 Å². The van der Waals surface area contributed by atoms with Gasteiger partial charge in [-0.05, 0) is 50.9 Å². The van der Waals surface area contributed by atoms with Crippen molar-refractivity contribution in [2.24, 2.45) is 0 Å². The van der Waals surface area contributed by atoms with Gasteiger partial charge in [0.25, 0.3) is 0 Å². The summed E-state index contributed by atoms with van der Waals surface area (Å²) in [4.78, 5) is 2.41. The van der Waals surface area contributed by atoms with Crippen molar-refractivity contribution in [3.05, 3.63) is 33.8 Å². The van der Waals surface area contributed by atoms with E-state index in [1.165, 1.54) is 12.8 Å².